The highest BCUT2D eigenvalue weighted by Gasteiger charge is 2.25. The first-order chi connectivity index (χ1) is 9.60. The van der Waals surface area contributed by atoms with Gasteiger partial charge in [-0.05, 0) is 24.8 Å². The fraction of sp³-hybridized carbons (Fsp3) is 0.533. The first kappa shape index (κ1) is 13.7. The standard InChI is InChI=1S/C15H19ClFN3/c1-2-9-4-3-5-10(6-9)20-14-8-12(17)11(16)7-13(14)19-15(20)18/h7-10H,2-6H2,1H3,(H2,18,19). The van der Waals surface area contributed by atoms with Crippen LogP contribution in [0, 0.1) is 11.7 Å². The molecule has 1 aromatic carbocycles. The highest BCUT2D eigenvalue weighted by molar-refractivity contribution is 6.31. The predicted molar refractivity (Wildman–Crippen MR) is 80.4 cm³/mol. The average Bonchev–Trinajstić information content (AvgIpc) is 2.74. The second kappa shape index (κ2) is 5.24. The second-order valence-electron chi connectivity index (χ2n) is 5.69. The molecular formula is C15H19ClFN3. The zero-order valence-corrected chi connectivity index (χ0v) is 12.3. The van der Waals surface area contributed by atoms with E-state index < -0.39 is 5.82 Å². The lowest BCUT2D eigenvalue weighted by molar-refractivity contribution is 0.267. The molecule has 1 aromatic heterocycles. The van der Waals surface area contributed by atoms with Gasteiger partial charge in [0.1, 0.15) is 5.82 Å². The molecule has 0 aliphatic heterocycles. The summed E-state index contributed by atoms with van der Waals surface area (Å²) in [6.07, 6.45) is 5.83. The van der Waals surface area contributed by atoms with Crippen molar-refractivity contribution < 1.29 is 4.39 Å². The maximum atomic E-state index is 13.7. The number of nitrogens with two attached hydrogens (primary N) is 1. The molecule has 1 saturated carbocycles. The number of nitrogens with zero attached hydrogens (tertiary/aromatic N) is 2. The summed E-state index contributed by atoms with van der Waals surface area (Å²) in [5.41, 5.74) is 7.49. The molecule has 2 unspecified atom stereocenters. The van der Waals surface area contributed by atoms with Gasteiger partial charge in [0.25, 0.3) is 0 Å². The van der Waals surface area contributed by atoms with E-state index in [1.54, 1.807) is 6.07 Å². The molecule has 1 aliphatic carbocycles. The summed E-state index contributed by atoms with van der Waals surface area (Å²) in [6, 6.07) is 3.33. The maximum absolute atomic E-state index is 13.7. The Morgan fingerprint density at radius 3 is 3.00 bits per heavy atom. The number of hydrogen-bond acceptors (Lipinski definition) is 2. The van der Waals surface area contributed by atoms with E-state index >= 15 is 0 Å². The van der Waals surface area contributed by atoms with Crippen molar-refractivity contribution in [2.75, 3.05) is 5.73 Å². The van der Waals surface area contributed by atoms with E-state index in [2.05, 4.69) is 11.9 Å². The molecule has 1 heterocycles. The summed E-state index contributed by atoms with van der Waals surface area (Å²) in [5, 5.41) is 0.0947. The largest absolute Gasteiger partial charge is 0.369 e. The van der Waals surface area contributed by atoms with Crippen molar-refractivity contribution in [2.45, 2.75) is 45.1 Å². The van der Waals surface area contributed by atoms with Crippen LogP contribution in [0.15, 0.2) is 12.1 Å². The molecule has 0 spiro atoms. The molecule has 1 aliphatic rings. The van der Waals surface area contributed by atoms with Gasteiger partial charge in [0, 0.05) is 12.1 Å². The highest BCUT2D eigenvalue weighted by Crippen LogP contribution is 2.38. The van der Waals surface area contributed by atoms with Gasteiger partial charge >= 0.3 is 0 Å². The Labute approximate surface area is 122 Å². The molecule has 2 aromatic rings. The Morgan fingerprint density at radius 2 is 2.25 bits per heavy atom. The molecule has 0 saturated heterocycles. The number of hydrogen-bond donors (Lipinski definition) is 1. The molecule has 5 heteroatoms. The first-order valence-electron chi connectivity index (χ1n) is 7.22. The van der Waals surface area contributed by atoms with E-state index in [-0.39, 0.29) is 5.02 Å². The molecule has 108 valence electrons. The minimum Gasteiger partial charge on any atom is -0.369 e. The number of imidazole rings is 1. The fourth-order valence-electron chi connectivity index (χ4n) is 3.36. The molecule has 3 rings (SSSR count). The summed E-state index contributed by atoms with van der Waals surface area (Å²) in [4.78, 5) is 4.33. The minimum absolute atomic E-state index is 0.0947. The van der Waals surface area contributed by atoms with Crippen LogP contribution < -0.4 is 5.73 Å². The van der Waals surface area contributed by atoms with E-state index in [4.69, 9.17) is 17.3 Å². The lowest BCUT2D eigenvalue weighted by Crippen LogP contribution is -2.20. The van der Waals surface area contributed by atoms with Crippen molar-refractivity contribution in [1.29, 1.82) is 0 Å². The van der Waals surface area contributed by atoms with Gasteiger partial charge in [-0.3, -0.25) is 0 Å². The van der Waals surface area contributed by atoms with Crippen LogP contribution in [0.25, 0.3) is 11.0 Å². The molecule has 1 fully saturated rings. The fourth-order valence-corrected chi connectivity index (χ4v) is 3.52. The monoisotopic (exact) mass is 295 g/mol. The number of rotatable bonds is 2. The summed E-state index contributed by atoms with van der Waals surface area (Å²) in [5.74, 6) is 0.773. The zero-order chi connectivity index (χ0) is 14.3. The third kappa shape index (κ3) is 2.26. The van der Waals surface area contributed by atoms with Crippen LogP contribution in [0.1, 0.15) is 45.1 Å². The zero-order valence-electron chi connectivity index (χ0n) is 11.6. The molecule has 0 amide bonds. The minimum atomic E-state index is -0.414. The summed E-state index contributed by atoms with van der Waals surface area (Å²) in [7, 11) is 0. The van der Waals surface area contributed by atoms with E-state index in [9.17, 15) is 4.39 Å². The number of anilines is 1. The highest BCUT2D eigenvalue weighted by atomic mass is 35.5. The molecule has 2 N–H and O–H groups in total. The Morgan fingerprint density at radius 1 is 1.45 bits per heavy atom. The Balaban J connectivity index is 2.06. The molecule has 0 radical (unpaired) electrons. The third-order valence-electron chi connectivity index (χ3n) is 4.46. The van der Waals surface area contributed by atoms with Crippen molar-refractivity contribution in [3.05, 3.63) is 23.0 Å². The van der Waals surface area contributed by atoms with Gasteiger partial charge < -0.3 is 10.3 Å². The molecule has 3 nitrogen and oxygen atoms in total. The first-order valence-corrected chi connectivity index (χ1v) is 7.60. The Hall–Kier alpha value is -1.29. The van der Waals surface area contributed by atoms with Gasteiger partial charge in [0.15, 0.2) is 0 Å². The van der Waals surface area contributed by atoms with Gasteiger partial charge in [0.05, 0.1) is 16.1 Å². The van der Waals surface area contributed by atoms with Crippen molar-refractivity contribution >= 4 is 28.6 Å². The molecule has 0 bridgehead atoms. The Bertz CT molecular complexity index is 638. The van der Waals surface area contributed by atoms with Gasteiger partial charge in [-0.25, -0.2) is 9.37 Å². The van der Waals surface area contributed by atoms with E-state index in [1.807, 2.05) is 4.57 Å². The van der Waals surface area contributed by atoms with Crippen LogP contribution in [0.3, 0.4) is 0 Å². The number of nitrogen functional groups attached to an aromatic ring is 1. The number of aromatic nitrogens is 2. The van der Waals surface area contributed by atoms with Crippen LogP contribution in [-0.2, 0) is 0 Å². The SMILES string of the molecule is CCC1CCCC(n2c(N)nc3cc(Cl)c(F)cc32)C1. The van der Waals surface area contributed by atoms with E-state index in [0.29, 0.717) is 17.5 Å². The summed E-state index contributed by atoms with van der Waals surface area (Å²) >= 11 is 5.82. The van der Waals surface area contributed by atoms with Gasteiger partial charge in [-0.15, -0.1) is 0 Å². The smallest absolute Gasteiger partial charge is 0.201 e. The van der Waals surface area contributed by atoms with Gasteiger partial charge in [-0.1, -0.05) is 37.8 Å². The van der Waals surface area contributed by atoms with Crippen LogP contribution >= 0.6 is 11.6 Å². The maximum Gasteiger partial charge on any atom is 0.201 e. The predicted octanol–water partition coefficient (Wildman–Crippen LogP) is 4.55. The van der Waals surface area contributed by atoms with Crippen molar-refractivity contribution in [3.63, 3.8) is 0 Å². The van der Waals surface area contributed by atoms with Gasteiger partial charge in [-0.2, -0.15) is 0 Å². The van der Waals surface area contributed by atoms with Crippen LogP contribution in [0.4, 0.5) is 10.3 Å². The number of benzene rings is 1. The second-order valence-corrected chi connectivity index (χ2v) is 6.10. The van der Waals surface area contributed by atoms with Crippen molar-refractivity contribution in [1.82, 2.24) is 9.55 Å². The number of fused-ring (bicyclic) bond motifs is 1. The molecular weight excluding hydrogens is 277 g/mol. The lowest BCUT2D eigenvalue weighted by Gasteiger charge is -2.30. The van der Waals surface area contributed by atoms with Crippen LogP contribution in [0.2, 0.25) is 5.02 Å². The third-order valence-corrected chi connectivity index (χ3v) is 4.75. The molecule has 20 heavy (non-hydrogen) atoms. The van der Waals surface area contributed by atoms with Gasteiger partial charge in [0.2, 0.25) is 5.95 Å². The lowest BCUT2D eigenvalue weighted by atomic mass is 9.84. The summed E-state index contributed by atoms with van der Waals surface area (Å²) < 4.78 is 15.7. The molecule has 2 atom stereocenters. The Kier molecular flexibility index (Phi) is 3.59. The number of halogens is 2. The van der Waals surface area contributed by atoms with Crippen LogP contribution in [0.5, 0.6) is 0 Å². The summed E-state index contributed by atoms with van der Waals surface area (Å²) in [6.45, 7) is 2.22. The van der Waals surface area contributed by atoms with Crippen molar-refractivity contribution in [3.8, 4) is 0 Å². The van der Waals surface area contributed by atoms with E-state index in [1.165, 1.54) is 25.3 Å². The topological polar surface area (TPSA) is 43.8 Å². The van der Waals surface area contributed by atoms with Crippen LogP contribution in [-0.4, -0.2) is 9.55 Å². The average molecular weight is 296 g/mol. The van der Waals surface area contributed by atoms with E-state index in [0.717, 1.165) is 24.3 Å². The van der Waals surface area contributed by atoms with Crippen molar-refractivity contribution in [2.24, 2.45) is 5.92 Å². The normalized spacial score (nSPS) is 23.4. The quantitative estimate of drug-likeness (QED) is 0.883.